The average molecular weight is 398 g/mol. The first-order chi connectivity index (χ1) is 8.40. The van der Waals surface area contributed by atoms with Crippen LogP contribution in [0.5, 0.6) is 0 Å². The molecule has 1 saturated carbocycles. The summed E-state index contributed by atoms with van der Waals surface area (Å²) in [5, 5.41) is 0. The molecule has 0 radical (unpaired) electrons. The van der Waals surface area contributed by atoms with Gasteiger partial charge in [0.05, 0.1) is 5.69 Å². The van der Waals surface area contributed by atoms with Crippen molar-refractivity contribution in [2.24, 2.45) is 5.92 Å². The van der Waals surface area contributed by atoms with Crippen LogP contribution in [0.2, 0.25) is 0 Å². The van der Waals surface area contributed by atoms with Crippen LogP contribution in [0.4, 0.5) is 5.69 Å². The summed E-state index contributed by atoms with van der Waals surface area (Å²) in [6, 6.07) is 3.26. The molecule has 0 bridgehead atoms. The third kappa shape index (κ3) is 3.46. The van der Waals surface area contributed by atoms with Crippen LogP contribution in [-0.2, 0) is 10.0 Å². The van der Waals surface area contributed by atoms with Crippen LogP contribution in [0, 0.1) is 5.92 Å². The van der Waals surface area contributed by atoms with E-state index in [0.717, 1.165) is 10.9 Å². The van der Waals surface area contributed by atoms with Crippen molar-refractivity contribution in [3.63, 3.8) is 0 Å². The minimum absolute atomic E-state index is 0.112. The summed E-state index contributed by atoms with van der Waals surface area (Å²) in [7, 11) is -3.55. The van der Waals surface area contributed by atoms with Gasteiger partial charge in [-0.1, -0.05) is 28.8 Å². The number of halogens is 2. The van der Waals surface area contributed by atoms with E-state index in [1.807, 2.05) is 0 Å². The Morgan fingerprint density at radius 2 is 2.00 bits per heavy atom. The summed E-state index contributed by atoms with van der Waals surface area (Å²) in [6.45, 7) is 0.467. The zero-order chi connectivity index (χ0) is 13.3. The molecule has 7 heteroatoms. The van der Waals surface area contributed by atoms with Crippen molar-refractivity contribution in [1.29, 1.82) is 0 Å². The highest BCUT2D eigenvalue weighted by Crippen LogP contribution is 2.33. The van der Waals surface area contributed by atoms with Crippen molar-refractivity contribution in [3.8, 4) is 0 Å². The maximum absolute atomic E-state index is 12.2. The number of hydrogen-bond acceptors (Lipinski definition) is 3. The van der Waals surface area contributed by atoms with E-state index in [-0.39, 0.29) is 10.6 Å². The number of sulfonamides is 1. The van der Waals surface area contributed by atoms with Crippen LogP contribution in [-0.4, -0.2) is 15.0 Å². The Hall–Kier alpha value is -0.110. The molecule has 0 aromatic heterocycles. The number of nitrogens with one attached hydrogen (secondary N) is 1. The first-order valence-corrected chi connectivity index (χ1v) is 8.71. The largest absolute Gasteiger partial charge is 0.398 e. The molecule has 4 nitrogen and oxygen atoms in total. The van der Waals surface area contributed by atoms with Crippen LogP contribution in [0.25, 0.3) is 0 Å². The molecule has 2 rings (SSSR count). The van der Waals surface area contributed by atoms with Gasteiger partial charge < -0.3 is 5.73 Å². The van der Waals surface area contributed by atoms with E-state index in [4.69, 9.17) is 5.73 Å². The van der Waals surface area contributed by atoms with Crippen molar-refractivity contribution < 1.29 is 8.42 Å². The summed E-state index contributed by atoms with van der Waals surface area (Å²) in [5.74, 6) is 0.693. The number of hydrogen-bond donors (Lipinski definition) is 2. The van der Waals surface area contributed by atoms with Crippen molar-refractivity contribution in [2.45, 2.75) is 24.2 Å². The SMILES string of the molecule is Nc1cc(Br)cc(Br)c1S(=O)(=O)NCCC1CC1. The highest BCUT2D eigenvalue weighted by molar-refractivity contribution is 9.11. The van der Waals surface area contributed by atoms with Gasteiger partial charge in [0.25, 0.3) is 0 Å². The normalized spacial score (nSPS) is 15.9. The fourth-order valence-corrected chi connectivity index (χ4v) is 4.85. The number of rotatable bonds is 5. The smallest absolute Gasteiger partial charge is 0.243 e. The molecule has 0 atom stereocenters. The molecule has 100 valence electrons. The molecular formula is C11H14Br2N2O2S. The molecule has 1 aliphatic carbocycles. The minimum Gasteiger partial charge on any atom is -0.398 e. The van der Waals surface area contributed by atoms with E-state index >= 15 is 0 Å². The molecule has 1 fully saturated rings. The predicted molar refractivity (Wildman–Crippen MR) is 78.8 cm³/mol. The fourth-order valence-electron chi connectivity index (χ4n) is 1.74. The highest BCUT2D eigenvalue weighted by atomic mass is 79.9. The maximum atomic E-state index is 12.2. The van der Waals surface area contributed by atoms with Crippen molar-refractivity contribution in [2.75, 3.05) is 12.3 Å². The van der Waals surface area contributed by atoms with E-state index in [1.165, 1.54) is 12.8 Å². The Balaban J connectivity index is 2.17. The van der Waals surface area contributed by atoms with Gasteiger partial charge in [-0.3, -0.25) is 0 Å². The standard InChI is InChI=1S/C11H14Br2N2O2S/c12-8-5-9(13)11(10(14)6-8)18(16,17)15-4-3-7-1-2-7/h5-7,15H,1-4,14H2. The number of anilines is 1. The Bertz CT molecular complexity index is 533. The molecule has 0 saturated heterocycles. The van der Waals surface area contributed by atoms with E-state index in [9.17, 15) is 8.42 Å². The van der Waals surface area contributed by atoms with E-state index in [2.05, 4.69) is 36.6 Å². The van der Waals surface area contributed by atoms with Crippen molar-refractivity contribution in [1.82, 2.24) is 4.72 Å². The Kier molecular flexibility index (Phi) is 4.36. The van der Waals surface area contributed by atoms with Gasteiger partial charge in [0, 0.05) is 15.5 Å². The van der Waals surface area contributed by atoms with E-state index in [1.54, 1.807) is 12.1 Å². The molecule has 0 aliphatic heterocycles. The van der Waals surface area contributed by atoms with Crippen LogP contribution in [0.3, 0.4) is 0 Å². The van der Waals surface area contributed by atoms with Crippen molar-refractivity contribution in [3.05, 3.63) is 21.1 Å². The number of nitrogens with two attached hydrogens (primary N) is 1. The first-order valence-electron chi connectivity index (χ1n) is 5.64. The Labute approximate surface area is 124 Å². The molecular weight excluding hydrogens is 384 g/mol. The predicted octanol–water partition coefficient (Wildman–Crippen LogP) is 2.87. The molecule has 1 aromatic carbocycles. The zero-order valence-electron chi connectivity index (χ0n) is 9.62. The lowest BCUT2D eigenvalue weighted by atomic mass is 10.3. The van der Waals surface area contributed by atoms with Gasteiger partial charge >= 0.3 is 0 Å². The number of nitrogen functional groups attached to an aromatic ring is 1. The van der Waals surface area contributed by atoms with E-state index < -0.39 is 10.0 Å². The topological polar surface area (TPSA) is 72.2 Å². The lowest BCUT2D eigenvalue weighted by Gasteiger charge is -2.11. The van der Waals surface area contributed by atoms with Gasteiger partial charge in [-0.15, -0.1) is 0 Å². The third-order valence-electron chi connectivity index (χ3n) is 2.85. The average Bonchev–Trinajstić information content (AvgIpc) is 2.98. The minimum atomic E-state index is -3.55. The second-order valence-corrected chi connectivity index (χ2v) is 7.91. The summed E-state index contributed by atoms with van der Waals surface area (Å²) >= 11 is 6.51. The summed E-state index contributed by atoms with van der Waals surface area (Å²) < 4.78 is 28.1. The molecule has 0 heterocycles. The van der Waals surface area contributed by atoms with Gasteiger partial charge in [-0.25, -0.2) is 13.1 Å². The molecule has 1 aromatic rings. The van der Waals surface area contributed by atoms with Gasteiger partial charge in [-0.2, -0.15) is 0 Å². The molecule has 18 heavy (non-hydrogen) atoms. The van der Waals surface area contributed by atoms with Crippen LogP contribution < -0.4 is 10.5 Å². The molecule has 0 amide bonds. The van der Waals surface area contributed by atoms with Gasteiger partial charge in [0.2, 0.25) is 10.0 Å². The van der Waals surface area contributed by atoms with Gasteiger partial charge in [0.15, 0.2) is 0 Å². The fraction of sp³-hybridized carbons (Fsp3) is 0.455. The second kappa shape index (κ2) is 5.48. The molecule has 3 N–H and O–H groups in total. The number of benzene rings is 1. The monoisotopic (exact) mass is 396 g/mol. The Morgan fingerprint density at radius 3 is 2.56 bits per heavy atom. The lowest BCUT2D eigenvalue weighted by Crippen LogP contribution is -2.26. The van der Waals surface area contributed by atoms with Crippen LogP contribution in [0.15, 0.2) is 26.0 Å². The molecule has 0 spiro atoms. The first kappa shape index (κ1) is 14.3. The summed E-state index contributed by atoms with van der Waals surface area (Å²) in [6.07, 6.45) is 3.32. The third-order valence-corrected chi connectivity index (χ3v) is 5.77. The summed E-state index contributed by atoms with van der Waals surface area (Å²) in [5.41, 5.74) is 6.00. The molecule has 0 unspecified atom stereocenters. The van der Waals surface area contributed by atoms with E-state index in [0.29, 0.717) is 16.9 Å². The van der Waals surface area contributed by atoms with Crippen LogP contribution in [0.1, 0.15) is 19.3 Å². The Morgan fingerprint density at radius 1 is 1.33 bits per heavy atom. The van der Waals surface area contributed by atoms with Crippen molar-refractivity contribution >= 4 is 47.6 Å². The highest BCUT2D eigenvalue weighted by Gasteiger charge is 2.24. The van der Waals surface area contributed by atoms with Crippen LogP contribution >= 0.6 is 31.9 Å². The quantitative estimate of drug-likeness (QED) is 0.750. The maximum Gasteiger partial charge on any atom is 0.243 e. The molecule has 1 aliphatic rings. The lowest BCUT2D eigenvalue weighted by molar-refractivity contribution is 0.575. The zero-order valence-corrected chi connectivity index (χ0v) is 13.6. The van der Waals surface area contributed by atoms with Gasteiger partial charge in [-0.05, 0) is 40.4 Å². The van der Waals surface area contributed by atoms with Gasteiger partial charge in [0.1, 0.15) is 4.90 Å². The second-order valence-electron chi connectivity index (χ2n) is 4.44. The summed E-state index contributed by atoms with van der Waals surface area (Å²) in [4.78, 5) is 0.112.